The molecular formula is C16H14N2O4S. The molecule has 2 aromatic heterocycles. The van der Waals surface area contributed by atoms with Crippen LogP contribution in [-0.2, 0) is 16.1 Å². The highest BCUT2D eigenvalue weighted by Crippen LogP contribution is 2.19. The Labute approximate surface area is 136 Å². The highest BCUT2D eigenvalue weighted by Gasteiger charge is 2.14. The second-order valence-electron chi connectivity index (χ2n) is 4.75. The van der Waals surface area contributed by atoms with E-state index in [1.165, 1.54) is 23.4 Å². The fourth-order valence-corrected chi connectivity index (χ4v) is 2.97. The maximum Gasteiger partial charge on any atom is 0.316 e. The summed E-state index contributed by atoms with van der Waals surface area (Å²) in [5.41, 5.74) is 0.430. The lowest BCUT2D eigenvalue weighted by Crippen LogP contribution is -2.24. The van der Waals surface area contributed by atoms with E-state index in [0.29, 0.717) is 21.8 Å². The number of esters is 1. The molecule has 0 atom stereocenters. The van der Waals surface area contributed by atoms with Gasteiger partial charge >= 0.3 is 5.97 Å². The summed E-state index contributed by atoms with van der Waals surface area (Å²) in [5.74, 6) is 0.352. The van der Waals surface area contributed by atoms with E-state index in [9.17, 15) is 9.59 Å². The van der Waals surface area contributed by atoms with Crippen molar-refractivity contribution < 1.29 is 13.9 Å². The van der Waals surface area contributed by atoms with E-state index < -0.39 is 0 Å². The number of hydrogen-bond donors (Lipinski definition) is 0. The number of carbonyl (C=O) groups is 1. The van der Waals surface area contributed by atoms with Crippen LogP contribution in [0.4, 0.5) is 0 Å². The van der Waals surface area contributed by atoms with Gasteiger partial charge in [-0.3, -0.25) is 14.2 Å². The number of nitrogens with zero attached hydrogens (tertiary/aromatic N) is 2. The van der Waals surface area contributed by atoms with E-state index >= 15 is 0 Å². The Morgan fingerprint density at radius 2 is 2.13 bits per heavy atom. The first kappa shape index (κ1) is 15.4. The van der Waals surface area contributed by atoms with Crippen LogP contribution in [-0.4, -0.2) is 28.4 Å². The molecule has 1 aromatic carbocycles. The number of furan rings is 1. The Morgan fingerprint density at radius 1 is 1.30 bits per heavy atom. The fraction of sp³-hybridized carbons (Fsp3) is 0.188. The van der Waals surface area contributed by atoms with Gasteiger partial charge in [-0.05, 0) is 24.3 Å². The first-order valence-corrected chi connectivity index (χ1v) is 7.89. The molecule has 118 valence electrons. The molecule has 3 rings (SSSR count). The van der Waals surface area contributed by atoms with Crippen LogP contribution in [0.3, 0.4) is 0 Å². The summed E-state index contributed by atoms with van der Waals surface area (Å²) in [6, 6.07) is 10.7. The molecule has 0 amide bonds. The Morgan fingerprint density at radius 3 is 2.87 bits per heavy atom. The number of hydrogen-bond acceptors (Lipinski definition) is 6. The lowest BCUT2D eigenvalue weighted by molar-refractivity contribution is -0.137. The van der Waals surface area contributed by atoms with Crippen molar-refractivity contribution in [3.05, 3.63) is 58.8 Å². The van der Waals surface area contributed by atoms with Crippen molar-refractivity contribution in [2.45, 2.75) is 11.7 Å². The summed E-state index contributed by atoms with van der Waals surface area (Å²) in [4.78, 5) is 28.6. The van der Waals surface area contributed by atoms with E-state index in [1.807, 2.05) is 6.07 Å². The molecule has 0 aliphatic rings. The smallest absolute Gasteiger partial charge is 0.316 e. The van der Waals surface area contributed by atoms with Crippen LogP contribution >= 0.6 is 11.8 Å². The highest BCUT2D eigenvalue weighted by molar-refractivity contribution is 7.99. The molecule has 0 aliphatic heterocycles. The summed E-state index contributed by atoms with van der Waals surface area (Å²) in [5, 5.41) is 0.983. The Bertz CT molecular complexity index is 887. The minimum atomic E-state index is -0.373. The van der Waals surface area contributed by atoms with Gasteiger partial charge in [-0.25, -0.2) is 4.98 Å². The number of rotatable bonds is 5. The number of para-hydroxylation sites is 1. The maximum atomic E-state index is 12.7. The summed E-state index contributed by atoms with van der Waals surface area (Å²) in [6.45, 7) is 0.257. The van der Waals surface area contributed by atoms with Gasteiger partial charge in [0.15, 0.2) is 5.16 Å². The van der Waals surface area contributed by atoms with E-state index in [0.717, 1.165) is 0 Å². The first-order chi connectivity index (χ1) is 11.2. The number of benzene rings is 1. The summed E-state index contributed by atoms with van der Waals surface area (Å²) in [6.07, 6.45) is 1.55. The standard InChI is InChI=1S/C16H14N2O4S/c1-21-14(19)10-23-16-17-13-7-3-2-6-12(13)15(20)18(16)9-11-5-4-8-22-11/h2-8H,9-10H2,1H3. The zero-order valence-electron chi connectivity index (χ0n) is 12.4. The van der Waals surface area contributed by atoms with Gasteiger partial charge in [-0.15, -0.1) is 0 Å². The van der Waals surface area contributed by atoms with Gasteiger partial charge in [0.05, 0.1) is 36.6 Å². The van der Waals surface area contributed by atoms with Gasteiger partial charge in [0.1, 0.15) is 5.76 Å². The molecule has 0 aliphatic carbocycles. The zero-order valence-corrected chi connectivity index (χ0v) is 13.2. The number of fused-ring (bicyclic) bond motifs is 1. The average Bonchev–Trinajstić information content (AvgIpc) is 3.08. The van der Waals surface area contributed by atoms with Crippen molar-refractivity contribution in [3.8, 4) is 0 Å². The highest BCUT2D eigenvalue weighted by atomic mass is 32.2. The molecule has 0 fully saturated rings. The van der Waals surface area contributed by atoms with Crippen molar-refractivity contribution in [2.24, 2.45) is 0 Å². The lowest BCUT2D eigenvalue weighted by atomic mass is 10.2. The van der Waals surface area contributed by atoms with Crippen molar-refractivity contribution >= 4 is 28.6 Å². The largest absolute Gasteiger partial charge is 0.468 e. The van der Waals surface area contributed by atoms with Gasteiger partial charge in [-0.1, -0.05) is 23.9 Å². The van der Waals surface area contributed by atoms with Crippen molar-refractivity contribution in [3.63, 3.8) is 0 Å². The van der Waals surface area contributed by atoms with Gasteiger partial charge in [0.2, 0.25) is 0 Å². The van der Waals surface area contributed by atoms with Gasteiger partial charge in [0, 0.05) is 0 Å². The topological polar surface area (TPSA) is 74.3 Å². The lowest BCUT2D eigenvalue weighted by Gasteiger charge is -2.11. The molecule has 2 heterocycles. The molecule has 0 unspecified atom stereocenters. The Balaban J connectivity index is 2.07. The van der Waals surface area contributed by atoms with Crippen LogP contribution in [0.5, 0.6) is 0 Å². The second kappa shape index (κ2) is 6.70. The first-order valence-electron chi connectivity index (χ1n) is 6.90. The second-order valence-corrected chi connectivity index (χ2v) is 5.69. The molecule has 6 nitrogen and oxygen atoms in total. The average molecular weight is 330 g/mol. The molecule has 7 heteroatoms. The van der Waals surface area contributed by atoms with Gasteiger partial charge in [0.25, 0.3) is 5.56 Å². The van der Waals surface area contributed by atoms with E-state index in [-0.39, 0.29) is 23.8 Å². The molecule has 3 aromatic rings. The van der Waals surface area contributed by atoms with Crippen LogP contribution in [0, 0.1) is 0 Å². The van der Waals surface area contributed by atoms with Crippen LogP contribution < -0.4 is 5.56 Å². The van der Waals surface area contributed by atoms with E-state index in [4.69, 9.17) is 4.42 Å². The molecule has 23 heavy (non-hydrogen) atoms. The van der Waals surface area contributed by atoms with Crippen molar-refractivity contribution in [2.75, 3.05) is 12.9 Å². The van der Waals surface area contributed by atoms with Crippen LogP contribution in [0.25, 0.3) is 10.9 Å². The quantitative estimate of drug-likeness (QED) is 0.406. The number of ether oxygens (including phenoxy) is 1. The normalized spacial score (nSPS) is 10.8. The van der Waals surface area contributed by atoms with Crippen molar-refractivity contribution in [1.82, 2.24) is 9.55 Å². The summed E-state index contributed by atoms with van der Waals surface area (Å²) < 4.78 is 11.5. The fourth-order valence-electron chi connectivity index (χ4n) is 2.14. The number of methoxy groups -OCH3 is 1. The van der Waals surface area contributed by atoms with Crippen LogP contribution in [0.2, 0.25) is 0 Å². The predicted octanol–water partition coefficient (Wildman–Crippen LogP) is 2.30. The summed E-state index contributed by atoms with van der Waals surface area (Å²) in [7, 11) is 1.33. The van der Waals surface area contributed by atoms with Crippen molar-refractivity contribution in [1.29, 1.82) is 0 Å². The van der Waals surface area contributed by atoms with E-state index in [1.54, 1.807) is 36.6 Å². The molecule has 0 radical (unpaired) electrons. The number of aromatic nitrogens is 2. The SMILES string of the molecule is COC(=O)CSc1nc2ccccc2c(=O)n1Cc1ccco1. The third kappa shape index (κ3) is 3.29. The third-order valence-electron chi connectivity index (χ3n) is 3.27. The molecular weight excluding hydrogens is 316 g/mol. The Kier molecular flexibility index (Phi) is 4.47. The minimum Gasteiger partial charge on any atom is -0.468 e. The number of thioether (sulfide) groups is 1. The zero-order chi connectivity index (χ0) is 16.2. The maximum absolute atomic E-state index is 12.7. The third-order valence-corrected chi connectivity index (χ3v) is 4.22. The van der Waals surface area contributed by atoms with Crippen LogP contribution in [0.15, 0.2) is 57.0 Å². The monoisotopic (exact) mass is 330 g/mol. The van der Waals surface area contributed by atoms with Gasteiger partial charge < -0.3 is 9.15 Å². The molecule has 0 N–H and O–H groups in total. The minimum absolute atomic E-state index is 0.0828. The van der Waals surface area contributed by atoms with Gasteiger partial charge in [-0.2, -0.15) is 0 Å². The molecule has 0 bridgehead atoms. The van der Waals surface area contributed by atoms with Crippen LogP contribution in [0.1, 0.15) is 5.76 Å². The Hall–Kier alpha value is -2.54. The predicted molar refractivity (Wildman–Crippen MR) is 86.6 cm³/mol. The summed E-state index contributed by atoms with van der Waals surface area (Å²) >= 11 is 1.17. The molecule has 0 saturated heterocycles. The van der Waals surface area contributed by atoms with E-state index in [2.05, 4.69) is 9.72 Å². The molecule has 0 spiro atoms. The molecule has 0 saturated carbocycles. The number of carbonyl (C=O) groups excluding carboxylic acids is 1.